The van der Waals surface area contributed by atoms with Gasteiger partial charge in [-0.05, 0) is 18.1 Å². The normalized spacial score (nSPS) is 11.7. The van der Waals surface area contributed by atoms with Gasteiger partial charge in [-0.2, -0.15) is 0 Å². The molecule has 0 aliphatic rings. The van der Waals surface area contributed by atoms with E-state index in [0.29, 0.717) is 5.56 Å². The topological polar surface area (TPSA) is 79.3 Å². The van der Waals surface area contributed by atoms with Crippen molar-refractivity contribution in [1.29, 1.82) is 0 Å². The first-order valence-corrected chi connectivity index (χ1v) is 8.53. The maximum atomic E-state index is 12.0. The number of aliphatic hydroxyl groups is 1. The Morgan fingerprint density at radius 3 is 2.45 bits per heavy atom. The molecule has 0 unspecified atom stereocenters. The number of hydrogen-bond donors (Lipinski definition) is 2. The molecule has 0 saturated heterocycles. The van der Waals surface area contributed by atoms with E-state index in [2.05, 4.69) is 9.71 Å². The Morgan fingerprint density at radius 1 is 1.25 bits per heavy atom. The minimum Gasteiger partial charge on any atom is -0.392 e. The highest BCUT2D eigenvalue weighted by Gasteiger charge is 2.12. The van der Waals surface area contributed by atoms with Crippen molar-refractivity contribution < 1.29 is 13.5 Å². The van der Waals surface area contributed by atoms with Gasteiger partial charge in [0.15, 0.2) is 0 Å². The van der Waals surface area contributed by atoms with Crippen LogP contribution in [0.2, 0.25) is 0 Å². The number of aryl methyl sites for hydroxylation is 1. The fourth-order valence-electron chi connectivity index (χ4n) is 1.68. The van der Waals surface area contributed by atoms with Crippen LogP contribution in [0.25, 0.3) is 0 Å². The van der Waals surface area contributed by atoms with Gasteiger partial charge in [-0.1, -0.05) is 24.3 Å². The number of aliphatic hydroxyl groups excluding tert-OH is 1. The molecule has 0 atom stereocenters. The Bertz CT molecular complexity index is 663. The molecule has 2 aromatic rings. The molecular weight excluding hydrogens is 296 g/mol. The van der Waals surface area contributed by atoms with Gasteiger partial charge in [-0.25, -0.2) is 18.1 Å². The van der Waals surface area contributed by atoms with E-state index in [4.69, 9.17) is 5.11 Å². The standard InChI is InChI=1S/C13H16N2O3S2/c1-10-14-6-13(19-10)7-15-20(17,18)9-12-4-2-11(8-16)3-5-12/h2-6,15-16H,7-9H2,1H3. The smallest absolute Gasteiger partial charge is 0.216 e. The first-order chi connectivity index (χ1) is 9.48. The molecule has 0 aliphatic carbocycles. The average Bonchev–Trinajstić information content (AvgIpc) is 2.83. The number of nitrogens with zero attached hydrogens (tertiary/aromatic N) is 1. The van der Waals surface area contributed by atoms with E-state index >= 15 is 0 Å². The summed E-state index contributed by atoms with van der Waals surface area (Å²) in [5, 5.41) is 9.85. The van der Waals surface area contributed by atoms with Crippen molar-refractivity contribution in [3.8, 4) is 0 Å². The van der Waals surface area contributed by atoms with Gasteiger partial charge in [-0.3, -0.25) is 0 Å². The van der Waals surface area contributed by atoms with Crippen LogP contribution in [-0.2, 0) is 28.9 Å². The van der Waals surface area contributed by atoms with Crippen molar-refractivity contribution in [2.75, 3.05) is 0 Å². The van der Waals surface area contributed by atoms with Crippen LogP contribution in [0.5, 0.6) is 0 Å². The van der Waals surface area contributed by atoms with E-state index in [1.165, 1.54) is 11.3 Å². The minimum atomic E-state index is -3.38. The molecule has 5 nitrogen and oxygen atoms in total. The molecule has 0 fully saturated rings. The van der Waals surface area contributed by atoms with E-state index in [1.807, 2.05) is 6.92 Å². The number of sulfonamides is 1. The second kappa shape index (κ2) is 6.45. The van der Waals surface area contributed by atoms with Crippen molar-refractivity contribution in [3.63, 3.8) is 0 Å². The van der Waals surface area contributed by atoms with Gasteiger partial charge >= 0.3 is 0 Å². The maximum absolute atomic E-state index is 12.0. The third kappa shape index (κ3) is 4.38. The van der Waals surface area contributed by atoms with Crippen LogP contribution in [0.15, 0.2) is 30.5 Å². The van der Waals surface area contributed by atoms with E-state index in [0.717, 1.165) is 15.4 Å². The van der Waals surface area contributed by atoms with Crippen LogP contribution < -0.4 is 4.72 Å². The fraction of sp³-hybridized carbons (Fsp3) is 0.308. The SMILES string of the molecule is Cc1ncc(CNS(=O)(=O)Cc2ccc(CO)cc2)s1. The molecule has 20 heavy (non-hydrogen) atoms. The van der Waals surface area contributed by atoms with Gasteiger partial charge < -0.3 is 5.11 Å². The zero-order valence-corrected chi connectivity index (χ0v) is 12.7. The van der Waals surface area contributed by atoms with E-state index in [1.54, 1.807) is 30.5 Å². The lowest BCUT2D eigenvalue weighted by atomic mass is 10.2. The quantitative estimate of drug-likeness (QED) is 0.848. The second-order valence-corrected chi connectivity index (χ2v) is 7.53. The van der Waals surface area contributed by atoms with E-state index in [9.17, 15) is 8.42 Å². The monoisotopic (exact) mass is 312 g/mol. The number of thiazole rings is 1. The molecule has 0 bridgehead atoms. The second-order valence-electron chi connectivity index (χ2n) is 4.40. The Kier molecular flexibility index (Phi) is 4.87. The van der Waals surface area contributed by atoms with Crippen LogP contribution in [0.1, 0.15) is 21.0 Å². The van der Waals surface area contributed by atoms with Gasteiger partial charge in [0.05, 0.1) is 17.4 Å². The molecule has 0 saturated carbocycles. The van der Waals surface area contributed by atoms with Crippen molar-refractivity contribution in [3.05, 3.63) is 51.5 Å². The Hall–Kier alpha value is -1.28. The summed E-state index contributed by atoms with van der Waals surface area (Å²) in [4.78, 5) is 4.97. The number of rotatable bonds is 6. The molecule has 7 heteroatoms. The lowest BCUT2D eigenvalue weighted by Gasteiger charge is -2.06. The molecule has 1 heterocycles. The van der Waals surface area contributed by atoms with E-state index < -0.39 is 10.0 Å². The first kappa shape index (κ1) is 15.1. The zero-order valence-electron chi connectivity index (χ0n) is 11.0. The number of benzene rings is 1. The molecule has 0 aliphatic heterocycles. The largest absolute Gasteiger partial charge is 0.392 e. The minimum absolute atomic E-state index is 0.0456. The summed E-state index contributed by atoms with van der Waals surface area (Å²) in [6.07, 6.45) is 1.68. The highest BCUT2D eigenvalue weighted by Crippen LogP contribution is 2.12. The predicted molar refractivity (Wildman–Crippen MR) is 78.7 cm³/mol. The lowest BCUT2D eigenvalue weighted by molar-refractivity contribution is 0.282. The van der Waals surface area contributed by atoms with Crippen molar-refractivity contribution >= 4 is 21.4 Å². The van der Waals surface area contributed by atoms with Gasteiger partial charge in [0.2, 0.25) is 10.0 Å². The summed E-state index contributed by atoms with van der Waals surface area (Å²) in [6.45, 7) is 2.10. The number of aromatic nitrogens is 1. The molecule has 108 valence electrons. The molecule has 0 spiro atoms. The zero-order chi connectivity index (χ0) is 14.6. The summed E-state index contributed by atoms with van der Waals surface area (Å²) >= 11 is 1.47. The van der Waals surface area contributed by atoms with E-state index in [-0.39, 0.29) is 18.9 Å². The molecule has 0 amide bonds. The number of nitrogens with one attached hydrogen (secondary N) is 1. The van der Waals surface area contributed by atoms with Gasteiger partial charge in [0, 0.05) is 17.6 Å². The van der Waals surface area contributed by atoms with Crippen LogP contribution >= 0.6 is 11.3 Å². The summed E-state index contributed by atoms with van der Waals surface area (Å²) in [6, 6.07) is 6.86. The first-order valence-electron chi connectivity index (χ1n) is 6.06. The lowest BCUT2D eigenvalue weighted by Crippen LogP contribution is -2.24. The summed E-state index contributed by atoms with van der Waals surface area (Å²) in [7, 11) is -3.38. The van der Waals surface area contributed by atoms with Gasteiger partial charge in [-0.15, -0.1) is 11.3 Å². The molecule has 0 radical (unpaired) electrons. The fourth-order valence-corrected chi connectivity index (χ4v) is 3.61. The predicted octanol–water partition coefficient (Wildman–Crippen LogP) is 1.56. The third-order valence-electron chi connectivity index (χ3n) is 2.70. The Morgan fingerprint density at radius 2 is 1.90 bits per heavy atom. The molecule has 2 N–H and O–H groups in total. The number of hydrogen-bond acceptors (Lipinski definition) is 5. The van der Waals surface area contributed by atoms with Crippen LogP contribution in [0, 0.1) is 6.92 Å². The molecule has 1 aromatic carbocycles. The highest BCUT2D eigenvalue weighted by atomic mass is 32.2. The highest BCUT2D eigenvalue weighted by molar-refractivity contribution is 7.88. The summed E-state index contributed by atoms with van der Waals surface area (Å²) in [5.74, 6) is -0.0729. The van der Waals surface area contributed by atoms with Crippen molar-refractivity contribution in [1.82, 2.24) is 9.71 Å². The third-order valence-corrected chi connectivity index (χ3v) is 4.91. The Balaban J connectivity index is 1.96. The Labute approximate surface area is 122 Å². The molecule has 1 aromatic heterocycles. The van der Waals surface area contributed by atoms with Gasteiger partial charge in [0.25, 0.3) is 0 Å². The van der Waals surface area contributed by atoms with Crippen LogP contribution in [0.4, 0.5) is 0 Å². The average molecular weight is 312 g/mol. The van der Waals surface area contributed by atoms with Gasteiger partial charge in [0.1, 0.15) is 0 Å². The van der Waals surface area contributed by atoms with Crippen LogP contribution in [0.3, 0.4) is 0 Å². The summed E-state index contributed by atoms with van der Waals surface area (Å²) < 4.78 is 26.5. The van der Waals surface area contributed by atoms with Crippen LogP contribution in [-0.4, -0.2) is 18.5 Å². The molecule has 2 rings (SSSR count). The molecular formula is C13H16N2O3S2. The van der Waals surface area contributed by atoms with Crippen molar-refractivity contribution in [2.24, 2.45) is 0 Å². The van der Waals surface area contributed by atoms with Crippen molar-refractivity contribution in [2.45, 2.75) is 25.8 Å². The maximum Gasteiger partial charge on any atom is 0.216 e. The summed E-state index contributed by atoms with van der Waals surface area (Å²) in [5.41, 5.74) is 1.45.